The molecule has 7 nitrogen and oxygen atoms in total. The number of aliphatic hydroxyl groups excluding tert-OH is 1. The summed E-state index contributed by atoms with van der Waals surface area (Å²) in [7, 11) is 1.53. The van der Waals surface area contributed by atoms with E-state index in [0.29, 0.717) is 42.5 Å². The van der Waals surface area contributed by atoms with Crippen molar-refractivity contribution >= 4 is 29.1 Å². The Morgan fingerprint density at radius 2 is 1.85 bits per heavy atom. The molecule has 0 spiro atoms. The van der Waals surface area contributed by atoms with E-state index in [1.807, 2.05) is 0 Å². The number of halogens is 1. The van der Waals surface area contributed by atoms with Crippen LogP contribution in [0.5, 0.6) is 5.75 Å². The molecule has 1 N–H and O–H groups in total. The Labute approximate surface area is 198 Å². The van der Waals surface area contributed by atoms with Gasteiger partial charge in [0.15, 0.2) is 0 Å². The zero-order valence-corrected chi connectivity index (χ0v) is 19.3. The summed E-state index contributed by atoms with van der Waals surface area (Å²) < 4.78 is 10.6. The van der Waals surface area contributed by atoms with E-state index in [4.69, 9.17) is 21.1 Å². The summed E-state index contributed by atoms with van der Waals surface area (Å²) in [4.78, 5) is 30.0. The number of likely N-dealkylation sites (tertiary alicyclic amines) is 1. The number of ketones is 1. The van der Waals surface area contributed by atoms with Crippen LogP contribution in [0.25, 0.3) is 5.76 Å². The van der Waals surface area contributed by atoms with E-state index in [9.17, 15) is 14.7 Å². The highest BCUT2D eigenvalue weighted by Crippen LogP contribution is 2.40. The molecule has 0 bridgehead atoms. The van der Waals surface area contributed by atoms with Crippen LogP contribution in [0.2, 0.25) is 5.02 Å². The summed E-state index contributed by atoms with van der Waals surface area (Å²) in [5, 5.41) is 11.7. The monoisotopic (exact) mass is 470 g/mol. The molecular formula is C25H27ClN2O5. The molecule has 0 saturated carbocycles. The van der Waals surface area contributed by atoms with Gasteiger partial charge in [-0.1, -0.05) is 35.9 Å². The van der Waals surface area contributed by atoms with E-state index < -0.39 is 17.7 Å². The van der Waals surface area contributed by atoms with Gasteiger partial charge in [0.2, 0.25) is 0 Å². The van der Waals surface area contributed by atoms with Crippen molar-refractivity contribution in [3.63, 3.8) is 0 Å². The van der Waals surface area contributed by atoms with Gasteiger partial charge in [0.25, 0.3) is 11.7 Å². The molecule has 2 fully saturated rings. The van der Waals surface area contributed by atoms with Crippen molar-refractivity contribution in [2.24, 2.45) is 0 Å². The molecule has 8 heteroatoms. The van der Waals surface area contributed by atoms with Crippen LogP contribution in [0.15, 0.2) is 54.1 Å². The summed E-state index contributed by atoms with van der Waals surface area (Å²) >= 11 is 6.07. The average Bonchev–Trinajstić information content (AvgIpc) is 3.10. The summed E-state index contributed by atoms with van der Waals surface area (Å²) in [6.45, 7) is 4.32. The highest BCUT2D eigenvalue weighted by molar-refractivity contribution is 6.46. The third kappa shape index (κ3) is 5.05. The first kappa shape index (κ1) is 23.3. The Bertz CT molecular complexity index is 1050. The highest BCUT2D eigenvalue weighted by atomic mass is 35.5. The SMILES string of the molecule is COc1cccc(/C(O)=C2\C(=O)C(=O)N(CCCN3CCOCC3)[C@@H]2c2ccc(Cl)cc2)c1. The molecule has 0 aromatic heterocycles. The number of benzene rings is 2. The Morgan fingerprint density at radius 3 is 2.55 bits per heavy atom. The van der Waals surface area contributed by atoms with Crippen molar-refractivity contribution in [2.75, 3.05) is 46.5 Å². The lowest BCUT2D eigenvalue weighted by molar-refractivity contribution is -0.140. The van der Waals surface area contributed by atoms with E-state index in [2.05, 4.69) is 4.90 Å². The molecule has 2 aliphatic rings. The fourth-order valence-electron chi connectivity index (χ4n) is 4.32. The van der Waals surface area contributed by atoms with Crippen molar-refractivity contribution in [3.05, 3.63) is 70.3 Å². The maximum absolute atomic E-state index is 13.1. The molecule has 1 amide bonds. The van der Waals surface area contributed by atoms with Crippen molar-refractivity contribution in [1.29, 1.82) is 0 Å². The number of carbonyl (C=O) groups excluding carboxylic acids is 2. The van der Waals surface area contributed by atoms with Crippen LogP contribution in [-0.2, 0) is 14.3 Å². The molecule has 2 aliphatic heterocycles. The first-order valence-electron chi connectivity index (χ1n) is 11.0. The number of morpholine rings is 1. The van der Waals surface area contributed by atoms with Crippen LogP contribution in [-0.4, -0.2) is 73.1 Å². The predicted molar refractivity (Wildman–Crippen MR) is 125 cm³/mol. The molecule has 0 unspecified atom stereocenters. The fraction of sp³-hybridized carbons (Fsp3) is 0.360. The number of rotatable bonds is 7. The number of nitrogens with zero attached hydrogens (tertiary/aromatic N) is 2. The lowest BCUT2D eigenvalue weighted by atomic mass is 9.95. The van der Waals surface area contributed by atoms with Crippen molar-refractivity contribution in [2.45, 2.75) is 12.5 Å². The molecular weight excluding hydrogens is 444 g/mol. The number of ether oxygens (including phenoxy) is 2. The highest BCUT2D eigenvalue weighted by Gasteiger charge is 2.45. The normalized spacial score (nSPS) is 20.9. The van der Waals surface area contributed by atoms with E-state index >= 15 is 0 Å². The van der Waals surface area contributed by atoms with Crippen LogP contribution in [0.4, 0.5) is 0 Å². The molecule has 33 heavy (non-hydrogen) atoms. The largest absolute Gasteiger partial charge is 0.507 e. The number of carbonyl (C=O) groups is 2. The van der Waals surface area contributed by atoms with Crippen LogP contribution in [0.3, 0.4) is 0 Å². The summed E-state index contributed by atoms with van der Waals surface area (Å²) in [6.07, 6.45) is 0.705. The van der Waals surface area contributed by atoms with E-state index in [1.54, 1.807) is 53.4 Å². The number of Topliss-reactive ketones (excluding diaryl/α,β-unsaturated/α-hetero) is 1. The van der Waals surface area contributed by atoms with Crippen molar-refractivity contribution in [3.8, 4) is 5.75 Å². The number of aliphatic hydroxyl groups is 1. The molecule has 0 aliphatic carbocycles. The van der Waals surface area contributed by atoms with Gasteiger partial charge in [0.05, 0.1) is 31.9 Å². The van der Waals surface area contributed by atoms with Crippen molar-refractivity contribution < 1.29 is 24.2 Å². The van der Waals surface area contributed by atoms with Gasteiger partial charge in [-0.2, -0.15) is 0 Å². The minimum atomic E-state index is -0.696. The summed E-state index contributed by atoms with van der Waals surface area (Å²) in [5.74, 6) is -0.979. The zero-order valence-electron chi connectivity index (χ0n) is 18.5. The Morgan fingerprint density at radius 1 is 1.12 bits per heavy atom. The van der Waals surface area contributed by atoms with Gasteiger partial charge in [0, 0.05) is 36.8 Å². The number of amides is 1. The smallest absolute Gasteiger partial charge is 0.295 e. The lowest BCUT2D eigenvalue weighted by Gasteiger charge is -2.29. The van der Waals surface area contributed by atoms with Gasteiger partial charge >= 0.3 is 0 Å². The molecule has 174 valence electrons. The third-order valence-electron chi connectivity index (χ3n) is 6.05. The number of hydrogen-bond acceptors (Lipinski definition) is 6. The molecule has 0 radical (unpaired) electrons. The molecule has 4 rings (SSSR count). The van der Waals surface area contributed by atoms with Gasteiger partial charge in [0.1, 0.15) is 11.5 Å². The Balaban J connectivity index is 1.67. The van der Waals surface area contributed by atoms with Crippen LogP contribution in [0.1, 0.15) is 23.6 Å². The van der Waals surface area contributed by atoms with Gasteiger partial charge in [-0.05, 0) is 36.2 Å². The molecule has 2 saturated heterocycles. The standard InChI is InChI=1S/C25H27ClN2O5/c1-32-20-5-2-4-18(16-20)23(29)21-22(17-6-8-19(26)9-7-17)28(25(31)24(21)30)11-3-10-27-12-14-33-15-13-27/h2,4-9,16,22,29H,3,10-15H2,1H3/b23-21+/t22-/m1/s1. The number of methoxy groups -OCH3 is 1. The quantitative estimate of drug-likeness (QED) is 0.379. The summed E-state index contributed by atoms with van der Waals surface area (Å²) in [5.41, 5.74) is 1.20. The van der Waals surface area contributed by atoms with Gasteiger partial charge < -0.3 is 19.5 Å². The topological polar surface area (TPSA) is 79.3 Å². The van der Waals surface area contributed by atoms with Gasteiger partial charge in [-0.15, -0.1) is 0 Å². The summed E-state index contributed by atoms with van der Waals surface area (Å²) in [6, 6.07) is 13.1. The van der Waals surface area contributed by atoms with E-state index in [-0.39, 0.29) is 11.3 Å². The minimum absolute atomic E-state index is 0.0712. The number of hydrogen-bond donors (Lipinski definition) is 1. The molecule has 2 heterocycles. The van der Waals surface area contributed by atoms with E-state index in [1.165, 1.54) is 7.11 Å². The van der Waals surface area contributed by atoms with Gasteiger partial charge in [-0.3, -0.25) is 14.5 Å². The fourth-order valence-corrected chi connectivity index (χ4v) is 4.44. The van der Waals surface area contributed by atoms with Crippen LogP contribution in [0, 0.1) is 0 Å². The zero-order chi connectivity index (χ0) is 23.4. The van der Waals surface area contributed by atoms with Crippen LogP contribution < -0.4 is 4.74 Å². The second kappa shape index (κ2) is 10.4. The minimum Gasteiger partial charge on any atom is -0.507 e. The maximum Gasteiger partial charge on any atom is 0.295 e. The molecule has 2 aromatic rings. The average molecular weight is 471 g/mol. The first-order valence-corrected chi connectivity index (χ1v) is 11.4. The van der Waals surface area contributed by atoms with Gasteiger partial charge in [-0.25, -0.2) is 0 Å². The molecule has 1 atom stereocenters. The maximum atomic E-state index is 13.1. The Kier molecular flexibility index (Phi) is 7.33. The second-order valence-corrected chi connectivity index (χ2v) is 8.52. The second-order valence-electron chi connectivity index (χ2n) is 8.08. The van der Waals surface area contributed by atoms with Crippen LogP contribution >= 0.6 is 11.6 Å². The Hall–Kier alpha value is -2.87. The lowest BCUT2D eigenvalue weighted by Crippen LogP contribution is -2.38. The first-order chi connectivity index (χ1) is 16.0. The predicted octanol–water partition coefficient (Wildman–Crippen LogP) is 3.49. The third-order valence-corrected chi connectivity index (χ3v) is 6.30. The van der Waals surface area contributed by atoms with E-state index in [0.717, 1.165) is 25.2 Å². The molecule has 2 aromatic carbocycles. The van der Waals surface area contributed by atoms with Crippen molar-refractivity contribution in [1.82, 2.24) is 9.80 Å².